The third-order valence-electron chi connectivity index (χ3n) is 5.42. The lowest BCUT2D eigenvalue weighted by Crippen LogP contribution is -2.30. The SMILES string of the molecule is COc1cc(OC)c(C2C(C(=O)OC(C)C)=C(C)Nc3nc4ccccc4n32)cc1OC. The normalized spacial score (nSPS) is 15.4. The second kappa shape index (κ2) is 8.45. The maximum Gasteiger partial charge on any atom is 0.338 e. The number of anilines is 1. The molecule has 1 aliphatic heterocycles. The molecule has 0 bridgehead atoms. The Balaban J connectivity index is 2.03. The zero-order valence-electron chi connectivity index (χ0n) is 19.1. The quantitative estimate of drug-likeness (QED) is 0.576. The van der Waals surface area contributed by atoms with Crippen molar-refractivity contribution in [1.29, 1.82) is 0 Å². The minimum absolute atomic E-state index is 0.267. The molecule has 8 heteroatoms. The lowest BCUT2D eigenvalue weighted by molar-refractivity contribution is -0.143. The zero-order valence-corrected chi connectivity index (χ0v) is 19.1. The molecule has 0 spiro atoms. The van der Waals surface area contributed by atoms with Crippen LogP contribution in [0.5, 0.6) is 17.2 Å². The molecule has 1 unspecified atom stereocenters. The molecule has 1 N–H and O–H groups in total. The van der Waals surface area contributed by atoms with Gasteiger partial charge in [0.25, 0.3) is 0 Å². The van der Waals surface area contributed by atoms with Gasteiger partial charge in [-0.05, 0) is 39.0 Å². The molecule has 168 valence electrons. The van der Waals surface area contributed by atoms with Gasteiger partial charge in [-0.15, -0.1) is 0 Å². The first-order chi connectivity index (χ1) is 15.4. The number of esters is 1. The largest absolute Gasteiger partial charge is 0.496 e. The van der Waals surface area contributed by atoms with Gasteiger partial charge in [0.2, 0.25) is 5.95 Å². The maximum atomic E-state index is 13.3. The zero-order chi connectivity index (χ0) is 23.0. The van der Waals surface area contributed by atoms with Gasteiger partial charge >= 0.3 is 5.97 Å². The van der Waals surface area contributed by atoms with E-state index in [2.05, 4.69) is 5.32 Å². The highest BCUT2D eigenvalue weighted by atomic mass is 16.5. The van der Waals surface area contributed by atoms with E-state index in [1.165, 1.54) is 0 Å². The van der Waals surface area contributed by atoms with Crippen LogP contribution in [-0.4, -0.2) is 43.0 Å². The molecule has 0 saturated carbocycles. The number of carbonyl (C=O) groups excluding carboxylic acids is 1. The van der Waals surface area contributed by atoms with Crippen LogP contribution in [0.4, 0.5) is 5.95 Å². The minimum atomic E-state index is -0.556. The van der Waals surface area contributed by atoms with E-state index in [9.17, 15) is 4.79 Å². The van der Waals surface area contributed by atoms with Crippen LogP contribution >= 0.6 is 0 Å². The highest BCUT2D eigenvalue weighted by Crippen LogP contribution is 2.46. The monoisotopic (exact) mass is 437 g/mol. The van der Waals surface area contributed by atoms with Crippen molar-refractivity contribution in [2.45, 2.75) is 32.9 Å². The van der Waals surface area contributed by atoms with Crippen molar-refractivity contribution in [3.63, 3.8) is 0 Å². The van der Waals surface area contributed by atoms with Gasteiger partial charge in [-0.1, -0.05) is 12.1 Å². The third-order valence-corrected chi connectivity index (χ3v) is 5.42. The number of methoxy groups -OCH3 is 3. The van der Waals surface area contributed by atoms with Crippen molar-refractivity contribution in [1.82, 2.24) is 9.55 Å². The third kappa shape index (κ3) is 3.51. The van der Waals surface area contributed by atoms with E-state index in [4.69, 9.17) is 23.9 Å². The van der Waals surface area contributed by atoms with E-state index in [-0.39, 0.29) is 6.10 Å². The Bertz CT molecular complexity index is 1210. The molecule has 2 heterocycles. The van der Waals surface area contributed by atoms with E-state index < -0.39 is 12.0 Å². The Hall–Kier alpha value is -3.68. The average molecular weight is 437 g/mol. The van der Waals surface area contributed by atoms with Crippen LogP contribution in [0.1, 0.15) is 32.4 Å². The van der Waals surface area contributed by atoms with Crippen LogP contribution in [0.25, 0.3) is 11.0 Å². The van der Waals surface area contributed by atoms with Gasteiger partial charge < -0.3 is 24.3 Å². The summed E-state index contributed by atoms with van der Waals surface area (Å²) in [4.78, 5) is 18.0. The number of nitrogens with one attached hydrogen (secondary N) is 1. The van der Waals surface area contributed by atoms with Crippen LogP contribution < -0.4 is 19.5 Å². The Kier molecular flexibility index (Phi) is 5.69. The first-order valence-corrected chi connectivity index (χ1v) is 10.3. The summed E-state index contributed by atoms with van der Waals surface area (Å²) in [5, 5.41) is 3.28. The predicted octanol–water partition coefficient (Wildman–Crippen LogP) is 4.30. The van der Waals surface area contributed by atoms with E-state index in [1.54, 1.807) is 27.4 Å². The molecule has 0 fully saturated rings. The number of carbonyl (C=O) groups is 1. The Labute approximate surface area is 186 Å². The number of hydrogen-bond donors (Lipinski definition) is 1. The number of aromatic nitrogens is 2. The number of nitrogens with zero attached hydrogens (tertiary/aromatic N) is 2. The number of rotatable bonds is 6. The second-order valence-electron chi connectivity index (χ2n) is 7.76. The van der Waals surface area contributed by atoms with Crippen molar-refractivity contribution in [2.24, 2.45) is 0 Å². The predicted molar refractivity (Wildman–Crippen MR) is 122 cm³/mol. The fourth-order valence-corrected chi connectivity index (χ4v) is 4.07. The molecule has 0 radical (unpaired) electrons. The first-order valence-electron chi connectivity index (χ1n) is 10.3. The summed E-state index contributed by atoms with van der Waals surface area (Å²) in [5.74, 6) is 1.84. The van der Waals surface area contributed by atoms with Crippen LogP contribution in [0.2, 0.25) is 0 Å². The molecule has 8 nitrogen and oxygen atoms in total. The van der Waals surface area contributed by atoms with Crippen LogP contribution in [0, 0.1) is 0 Å². The number of benzene rings is 2. The molecule has 32 heavy (non-hydrogen) atoms. The summed E-state index contributed by atoms with van der Waals surface area (Å²) in [6, 6.07) is 10.8. The molecule has 4 rings (SSSR count). The van der Waals surface area contributed by atoms with Crippen molar-refractivity contribution in [3.05, 3.63) is 53.2 Å². The van der Waals surface area contributed by atoms with Gasteiger partial charge in [-0.25, -0.2) is 9.78 Å². The number of fused-ring (bicyclic) bond motifs is 3. The molecule has 2 aromatic carbocycles. The van der Waals surface area contributed by atoms with Crippen LogP contribution in [0.15, 0.2) is 47.7 Å². The van der Waals surface area contributed by atoms with E-state index >= 15 is 0 Å². The molecule has 3 aromatic rings. The van der Waals surface area contributed by atoms with Crippen molar-refractivity contribution in [2.75, 3.05) is 26.6 Å². The lowest BCUT2D eigenvalue weighted by Gasteiger charge is -2.31. The van der Waals surface area contributed by atoms with Gasteiger partial charge in [-0.2, -0.15) is 0 Å². The summed E-state index contributed by atoms with van der Waals surface area (Å²) in [6.07, 6.45) is -0.267. The summed E-state index contributed by atoms with van der Waals surface area (Å²) in [5.41, 5.74) is 3.55. The highest BCUT2D eigenvalue weighted by molar-refractivity contribution is 5.94. The van der Waals surface area contributed by atoms with Crippen LogP contribution in [0.3, 0.4) is 0 Å². The minimum Gasteiger partial charge on any atom is -0.496 e. The van der Waals surface area contributed by atoms with Gasteiger partial charge in [0, 0.05) is 17.3 Å². The van der Waals surface area contributed by atoms with E-state index in [1.807, 2.05) is 55.7 Å². The average Bonchev–Trinajstić information content (AvgIpc) is 3.14. The number of hydrogen-bond acceptors (Lipinski definition) is 7. The summed E-state index contributed by atoms with van der Waals surface area (Å²) < 4.78 is 24.3. The van der Waals surface area contributed by atoms with Gasteiger partial charge in [0.15, 0.2) is 11.5 Å². The van der Waals surface area contributed by atoms with E-state index in [0.717, 1.165) is 16.6 Å². The van der Waals surface area contributed by atoms with Gasteiger partial charge in [0.05, 0.1) is 50.1 Å². The fraction of sp³-hybridized carbons (Fsp3) is 0.333. The second-order valence-corrected chi connectivity index (χ2v) is 7.76. The molecular formula is C24H27N3O5. The summed E-state index contributed by atoms with van der Waals surface area (Å²) in [6.45, 7) is 5.50. The topological polar surface area (TPSA) is 83.8 Å². The number of allylic oxidation sites excluding steroid dienone is 1. The lowest BCUT2D eigenvalue weighted by atomic mass is 9.93. The molecule has 1 aliphatic rings. The molecule has 0 aliphatic carbocycles. The fourth-order valence-electron chi connectivity index (χ4n) is 4.07. The molecule has 1 aromatic heterocycles. The molecular weight excluding hydrogens is 410 g/mol. The first kappa shape index (κ1) is 21.5. The molecule has 1 atom stereocenters. The standard InChI is InChI=1S/C24H27N3O5/c1-13(2)32-23(28)21-14(3)25-24-26-16-9-7-8-10-17(16)27(24)22(21)15-11-19(30-5)20(31-6)12-18(15)29-4/h7-13,22H,1-6H3,(H,25,26). The van der Waals surface area contributed by atoms with Crippen LogP contribution in [-0.2, 0) is 9.53 Å². The molecule has 0 saturated heterocycles. The molecule has 0 amide bonds. The number of para-hydroxylation sites is 2. The van der Waals surface area contributed by atoms with Crippen molar-refractivity contribution < 1.29 is 23.7 Å². The maximum absolute atomic E-state index is 13.3. The Morgan fingerprint density at radius 1 is 1.03 bits per heavy atom. The Morgan fingerprint density at radius 2 is 1.69 bits per heavy atom. The van der Waals surface area contributed by atoms with Crippen molar-refractivity contribution >= 4 is 23.0 Å². The number of ether oxygens (including phenoxy) is 4. The highest BCUT2D eigenvalue weighted by Gasteiger charge is 2.37. The summed E-state index contributed by atoms with van der Waals surface area (Å²) >= 11 is 0. The smallest absolute Gasteiger partial charge is 0.338 e. The Morgan fingerprint density at radius 3 is 2.34 bits per heavy atom. The number of imidazole rings is 1. The van der Waals surface area contributed by atoms with Gasteiger partial charge in [-0.3, -0.25) is 4.57 Å². The van der Waals surface area contributed by atoms with Crippen molar-refractivity contribution in [3.8, 4) is 17.2 Å². The van der Waals surface area contributed by atoms with E-state index in [0.29, 0.717) is 34.5 Å². The van der Waals surface area contributed by atoms with Gasteiger partial charge in [0.1, 0.15) is 5.75 Å². The summed E-state index contributed by atoms with van der Waals surface area (Å²) in [7, 11) is 4.73.